The van der Waals surface area contributed by atoms with Crippen LogP contribution in [0.25, 0.3) is 0 Å². The second kappa shape index (κ2) is 5.05. The molecule has 0 aromatic carbocycles. The van der Waals surface area contributed by atoms with Crippen molar-refractivity contribution >= 4 is 18.6 Å². The Kier molecular flexibility index (Phi) is 4.00. The minimum absolute atomic E-state index is 0.419. The third kappa shape index (κ3) is 3.06. The third-order valence-electron chi connectivity index (χ3n) is 1.85. The first kappa shape index (κ1) is 11.1. The number of hydrogen-bond acceptors (Lipinski definition) is 3. The van der Waals surface area contributed by atoms with E-state index >= 15 is 0 Å². The molecule has 0 aliphatic rings. The zero-order valence-corrected chi connectivity index (χ0v) is 8.94. The van der Waals surface area contributed by atoms with E-state index in [1.54, 1.807) is 6.20 Å². The van der Waals surface area contributed by atoms with E-state index in [-0.39, 0.29) is 0 Å². The van der Waals surface area contributed by atoms with Gasteiger partial charge in [0, 0.05) is 12.7 Å². The highest BCUT2D eigenvalue weighted by Crippen LogP contribution is 2.07. The van der Waals surface area contributed by atoms with Crippen LogP contribution >= 0.6 is 12.6 Å². The molecule has 0 aliphatic carbocycles. The molecule has 0 saturated carbocycles. The van der Waals surface area contributed by atoms with Crippen LogP contribution in [0.1, 0.15) is 18.9 Å². The zero-order chi connectivity index (χ0) is 10.6. The van der Waals surface area contributed by atoms with Gasteiger partial charge in [-0.3, -0.25) is 9.48 Å². The normalized spacial score (nSPS) is 12.7. The van der Waals surface area contributed by atoms with Crippen LogP contribution in [-0.2, 0) is 17.8 Å². The predicted molar refractivity (Wildman–Crippen MR) is 56.6 cm³/mol. The summed E-state index contributed by atoms with van der Waals surface area (Å²) in [6.45, 7) is 2.93. The van der Waals surface area contributed by atoms with Crippen molar-refractivity contribution in [1.29, 1.82) is 0 Å². The molecule has 0 radical (unpaired) electrons. The van der Waals surface area contributed by atoms with Gasteiger partial charge in [-0.1, -0.05) is 6.92 Å². The third-order valence-corrected chi connectivity index (χ3v) is 2.26. The molecule has 0 bridgehead atoms. The summed E-state index contributed by atoms with van der Waals surface area (Å²) in [4.78, 5) is 10.5. The van der Waals surface area contributed by atoms with Crippen LogP contribution in [-0.4, -0.2) is 26.1 Å². The molecular weight excluding hydrogens is 200 g/mol. The van der Waals surface area contributed by atoms with Crippen LogP contribution in [0.2, 0.25) is 0 Å². The average molecular weight is 214 g/mol. The number of carbonyl (C=O) groups is 1. The average Bonchev–Trinajstić information content (AvgIpc) is 2.53. The molecule has 0 aliphatic heterocycles. The van der Waals surface area contributed by atoms with E-state index < -0.39 is 11.2 Å². The smallest absolute Gasteiger partial charge is 0.316 e. The molecule has 1 aromatic heterocycles. The second-order valence-corrected chi connectivity index (χ2v) is 3.79. The van der Waals surface area contributed by atoms with Gasteiger partial charge in [0.25, 0.3) is 0 Å². The van der Waals surface area contributed by atoms with Gasteiger partial charge in [0.1, 0.15) is 5.25 Å². The Morgan fingerprint density at radius 2 is 2.50 bits per heavy atom. The largest absolute Gasteiger partial charge is 0.480 e. The SMILES string of the molecule is CCCn1cc(CC(S)C(=O)O)cn1. The van der Waals surface area contributed by atoms with E-state index in [1.165, 1.54) is 0 Å². The number of thiol groups is 1. The Morgan fingerprint density at radius 3 is 3.07 bits per heavy atom. The van der Waals surface area contributed by atoms with Crippen LogP contribution in [0.15, 0.2) is 12.4 Å². The molecule has 1 unspecified atom stereocenters. The molecule has 1 heterocycles. The summed E-state index contributed by atoms with van der Waals surface area (Å²) in [6, 6.07) is 0. The number of nitrogens with zero attached hydrogens (tertiary/aromatic N) is 2. The van der Waals surface area contributed by atoms with E-state index in [4.69, 9.17) is 5.11 Å². The first-order valence-electron chi connectivity index (χ1n) is 4.55. The molecule has 0 fully saturated rings. The van der Waals surface area contributed by atoms with Crippen molar-refractivity contribution in [1.82, 2.24) is 9.78 Å². The Labute approximate surface area is 88.3 Å². The first-order valence-corrected chi connectivity index (χ1v) is 5.07. The van der Waals surface area contributed by atoms with Crippen molar-refractivity contribution in [3.63, 3.8) is 0 Å². The van der Waals surface area contributed by atoms with Crippen LogP contribution in [0.5, 0.6) is 0 Å². The summed E-state index contributed by atoms with van der Waals surface area (Å²) in [5, 5.41) is 12.1. The summed E-state index contributed by atoms with van der Waals surface area (Å²) in [6.07, 6.45) is 5.00. The van der Waals surface area contributed by atoms with Crippen molar-refractivity contribution in [2.45, 2.75) is 31.6 Å². The van der Waals surface area contributed by atoms with E-state index in [0.29, 0.717) is 6.42 Å². The highest BCUT2D eigenvalue weighted by Gasteiger charge is 2.13. The maximum Gasteiger partial charge on any atom is 0.316 e. The molecular formula is C9H14N2O2S. The van der Waals surface area contributed by atoms with E-state index in [0.717, 1.165) is 18.5 Å². The lowest BCUT2D eigenvalue weighted by Crippen LogP contribution is -2.15. The van der Waals surface area contributed by atoms with Gasteiger partial charge in [0.2, 0.25) is 0 Å². The topological polar surface area (TPSA) is 55.1 Å². The fraction of sp³-hybridized carbons (Fsp3) is 0.556. The molecule has 14 heavy (non-hydrogen) atoms. The van der Waals surface area contributed by atoms with Crippen molar-refractivity contribution in [2.75, 3.05) is 0 Å². The van der Waals surface area contributed by atoms with Gasteiger partial charge < -0.3 is 5.11 Å². The molecule has 1 rings (SSSR count). The molecule has 1 atom stereocenters. The quantitative estimate of drug-likeness (QED) is 0.725. The fourth-order valence-corrected chi connectivity index (χ4v) is 1.38. The molecule has 0 amide bonds. The van der Waals surface area contributed by atoms with Crippen molar-refractivity contribution < 1.29 is 9.90 Å². The number of aromatic nitrogens is 2. The van der Waals surface area contributed by atoms with E-state index in [9.17, 15) is 4.79 Å². The Morgan fingerprint density at radius 1 is 1.79 bits per heavy atom. The Balaban J connectivity index is 2.55. The summed E-state index contributed by atoms with van der Waals surface area (Å²) < 4.78 is 1.82. The Hall–Kier alpha value is -0.970. The molecule has 4 nitrogen and oxygen atoms in total. The molecule has 78 valence electrons. The van der Waals surface area contributed by atoms with Crippen molar-refractivity contribution in [2.24, 2.45) is 0 Å². The predicted octanol–water partition coefficient (Wildman–Crippen LogP) is 1.22. The van der Waals surface area contributed by atoms with Crippen molar-refractivity contribution in [3.8, 4) is 0 Å². The highest BCUT2D eigenvalue weighted by molar-refractivity contribution is 7.81. The monoisotopic (exact) mass is 214 g/mol. The summed E-state index contributed by atoms with van der Waals surface area (Å²) in [5.74, 6) is -0.892. The van der Waals surface area contributed by atoms with E-state index in [1.807, 2.05) is 10.9 Å². The van der Waals surface area contributed by atoms with Crippen LogP contribution in [0, 0.1) is 0 Å². The lowest BCUT2D eigenvalue weighted by molar-refractivity contribution is -0.136. The van der Waals surface area contributed by atoms with Gasteiger partial charge >= 0.3 is 5.97 Å². The summed E-state index contributed by atoms with van der Waals surface area (Å²) in [5.41, 5.74) is 0.917. The highest BCUT2D eigenvalue weighted by atomic mass is 32.1. The second-order valence-electron chi connectivity index (χ2n) is 3.17. The van der Waals surface area contributed by atoms with Gasteiger partial charge in [-0.05, 0) is 18.4 Å². The van der Waals surface area contributed by atoms with Gasteiger partial charge in [0.15, 0.2) is 0 Å². The lowest BCUT2D eigenvalue weighted by Gasteiger charge is -2.01. The number of hydrogen-bond donors (Lipinski definition) is 2. The minimum atomic E-state index is -0.892. The number of carboxylic acids is 1. The lowest BCUT2D eigenvalue weighted by atomic mass is 10.2. The molecule has 1 aromatic rings. The Bertz CT molecular complexity index is 312. The summed E-state index contributed by atoms with van der Waals surface area (Å²) >= 11 is 3.96. The standard InChI is InChI=1S/C9H14N2O2S/c1-2-3-11-6-7(5-10-11)4-8(14)9(12)13/h5-6,8,14H,2-4H2,1H3,(H,12,13). The number of aryl methyl sites for hydroxylation is 1. The van der Waals surface area contributed by atoms with Crippen LogP contribution < -0.4 is 0 Å². The van der Waals surface area contributed by atoms with Gasteiger partial charge in [-0.15, -0.1) is 0 Å². The number of carboxylic acid groups (broad SMARTS) is 1. The first-order chi connectivity index (χ1) is 6.63. The van der Waals surface area contributed by atoms with Gasteiger partial charge in [0.05, 0.1) is 6.20 Å². The van der Waals surface area contributed by atoms with E-state index in [2.05, 4.69) is 24.7 Å². The maximum atomic E-state index is 10.5. The van der Waals surface area contributed by atoms with Gasteiger partial charge in [-0.25, -0.2) is 0 Å². The fourth-order valence-electron chi connectivity index (χ4n) is 1.17. The molecule has 0 spiro atoms. The maximum absolute atomic E-state index is 10.5. The number of aliphatic carboxylic acids is 1. The minimum Gasteiger partial charge on any atom is -0.480 e. The number of rotatable bonds is 5. The molecule has 1 N–H and O–H groups in total. The van der Waals surface area contributed by atoms with Crippen molar-refractivity contribution in [3.05, 3.63) is 18.0 Å². The van der Waals surface area contributed by atoms with Crippen LogP contribution in [0.4, 0.5) is 0 Å². The van der Waals surface area contributed by atoms with Gasteiger partial charge in [-0.2, -0.15) is 17.7 Å². The summed E-state index contributed by atoms with van der Waals surface area (Å²) in [7, 11) is 0. The van der Waals surface area contributed by atoms with Crippen LogP contribution in [0.3, 0.4) is 0 Å². The molecule has 0 saturated heterocycles. The molecule has 5 heteroatoms. The zero-order valence-electron chi connectivity index (χ0n) is 8.05.